The normalized spacial score (nSPS) is 26.3. The van der Waals surface area contributed by atoms with Gasteiger partial charge in [-0.2, -0.15) is 0 Å². The molecule has 4 atom stereocenters. The maximum absolute atomic E-state index is 14.3. The molecule has 0 radical (unpaired) electrons. The maximum Gasteiger partial charge on any atom is 0.243 e. The Labute approximate surface area is 171 Å². The average molecular weight is 394 g/mol. The van der Waals surface area contributed by atoms with E-state index in [1.54, 1.807) is 23.1 Å². The van der Waals surface area contributed by atoms with Gasteiger partial charge >= 0.3 is 0 Å². The summed E-state index contributed by atoms with van der Waals surface area (Å²) < 4.78 is 14.3. The van der Waals surface area contributed by atoms with E-state index >= 15 is 0 Å². The van der Waals surface area contributed by atoms with Crippen LogP contribution in [0.4, 0.5) is 4.39 Å². The van der Waals surface area contributed by atoms with Gasteiger partial charge in [0.15, 0.2) is 0 Å². The summed E-state index contributed by atoms with van der Waals surface area (Å²) in [5.74, 6) is -0.153. The molecule has 29 heavy (non-hydrogen) atoms. The van der Waals surface area contributed by atoms with Crippen LogP contribution >= 0.6 is 0 Å². The quantitative estimate of drug-likeness (QED) is 0.832. The monoisotopic (exact) mass is 394 g/mol. The molecule has 0 bridgehead atoms. The van der Waals surface area contributed by atoms with Crippen molar-refractivity contribution in [1.82, 2.24) is 10.2 Å². The van der Waals surface area contributed by atoms with Crippen LogP contribution in [-0.2, 0) is 9.59 Å². The molecule has 0 spiro atoms. The number of amides is 2. The molecule has 152 valence electrons. The largest absolute Gasteiger partial charge is 0.346 e. The summed E-state index contributed by atoms with van der Waals surface area (Å²) in [6.45, 7) is 4.40. The summed E-state index contributed by atoms with van der Waals surface area (Å²) in [5.41, 5.74) is 1.59. The van der Waals surface area contributed by atoms with Gasteiger partial charge < -0.3 is 10.2 Å². The van der Waals surface area contributed by atoms with Crippen LogP contribution in [0.1, 0.15) is 49.8 Å². The minimum Gasteiger partial charge on any atom is -0.346 e. The predicted octanol–water partition coefficient (Wildman–Crippen LogP) is 4.04. The number of rotatable bonds is 5. The van der Waals surface area contributed by atoms with Crippen molar-refractivity contribution in [3.63, 3.8) is 0 Å². The lowest BCUT2D eigenvalue weighted by Crippen LogP contribution is -2.59. The number of carbonyl (C=O) groups is 2. The van der Waals surface area contributed by atoms with Gasteiger partial charge in [0.1, 0.15) is 11.9 Å². The van der Waals surface area contributed by atoms with Crippen molar-refractivity contribution in [3.05, 3.63) is 71.5 Å². The number of carbonyl (C=O) groups excluding carboxylic acids is 2. The first-order chi connectivity index (χ1) is 14.0. The zero-order chi connectivity index (χ0) is 20.5. The number of halogens is 1. The molecule has 4 nitrogen and oxygen atoms in total. The molecule has 1 heterocycles. The highest BCUT2D eigenvalue weighted by Crippen LogP contribution is 2.49. The molecule has 1 saturated carbocycles. The molecular formula is C24H27FN2O2. The van der Waals surface area contributed by atoms with Crippen LogP contribution in [0.5, 0.6) is 0 Å². The molecular weight excluding hydrogens is 367 g/mol. The molecule has 2 aromatic rings. The van der Waals surface area contributed by atoms with E-state index in [1.165, 1.54) is 11.6 Å². The standard InChI is InChI=1S/C24H27FN2O2/c1-15(2)12-22-23(28)26-21(17-10-6-7-11-20(17)25)14-27(22)24(29)19-13-18(19)16-8-4-3-5-9-16/h3-11,15,18-19,21-22H,12-14H2,1-2H3,(H,26,28)/t18-,19+,21?,22?/m0/s1. The lowest BCUT2D eigenvalue weighted by molar-refractivity contribution is -0.146. The molecule has 2 unspecified atom stereocenters. The Hall–Kier alpha value is -2.69. The number of benzene rings is 2. The lowest BCUT2D eigenvalue weighted by atomic mass is 9.94. The number of piperazine rings is 1. The highest BCUT2D eigenvalue weighted by molar-refractivity contribution is 5.91. The van der Waals surface area contributed by atoms with Crippen LogP contribution in [-0.4, -0.2) is 29.3 Å². The Kier molecular flexibility index (Phi) is 5.39. The highest BCUT2D eigenvalue weighted by Gasteiger charge is 2.49. The Morgan fingerprint density at radius 1 is 1.14 bits per heavy atom. The number of hydrogen-bond donors (Lipinski definition) is 1. The third-order valence-corrected chi connectivity index (χ3v) is 5.97. The molecule has 1 N–H and O–H groups in total. The molecule has 2 amide bonds. The van der Waals surface area contributed by atoms with Crippen molar-refractivity contribution >= 4 is 11.8 Å². The van der Waals surface area contributed by atoms with E-state index in [9.17, 15) is 14.0 Å². The average Bonchev–Trinajstić information content (AvgIpc) is 3.50. The van der Waals surface area contributed by atoms with Crippen LogP contribution in [0.15, 0.2) is 54.6 Å². The fraction of sp³-hybridized carbons (Fsp3) is 0.417. The van der Waals surface area contributed by atoms with E-state index in [4.69, 9.17) is 0 Å². The van der Waals surface area contributed by atoms with Gasteiger partial charge in [0, 0.05) is 18.0 Å². The van der Waals surface area contributed by atoms with Gasteiger partial charge in [-0.05, 0) is 36.3 Å². The van der Waals surface area contributed by atoms with Crippen molar-refractivity contribution in [2.24, 2.45) is 11.8 Å². The van der Waals surface area contributed by atoms with Gasteiger partial charge in [-0.15, -0.1) is 0 Å². The van der Waals surface area contributed by atoms with Gasteiger partial charge in [0.2, 0.25) is 11.8 Å². The molecule has 4 rings (SSSR count). The van der Waals surface area contributed by atoms with Crippen LogP contribution in [0.2, 0.25) is 0 Å². The van der Waals surface area contributed by atoms with E-state index in [0.29, 0.717) is 18.5 Å². The molecule has 5 heteroatoms. The second-order valence-electron chi connectivity index (χ2n) is 8.58. The molecule has 1 aliphatic carbocycles. The predicted molar refractivity (Wildman–Crippen MR) is 110 cm³/mol. The first kappa shape index (κ1) is 19.6. The Morgan fingerprint density at radius 3 is 2.52 bits per heavy atom. The maximum atomic E-state index is 14.3. The summed E-state index contributed by atoms with van der Waals surface area (Å²) in [4.78, 5) is 28.0. The van der Waals surface area contributed by atoms with Crippen molar-refractivity contribution in [3.8, 4) is 0 Å². The lowest BCUT2D eigenvalue weighted by Gasteiger charge is -2.40. The van der Waals surface area contributed by atoms with Crippen molar-refractivity contribution in [2.75, 3.05) is 6.54 Å². The van der Waals surface area contributed by atoms with Crippen LogP contribution in [0, 0.1) is 17.7 Å². The molecule has 2 fully saturated rings. The molecule has 1 aliphatic heterocycles. The SMILES string of the molecule is CC(C)CC1C(=O)NC(c2ccccc2F)CN1C(=O)[C@@H]1C[C@H]1c1ccccc1. The van der Waals surface area contributed by atoms with E-state index < -0.39 is 12.1 Å². The second-order valence-corrected chi connectivity index (χ2v) is 8.58. The zero-order valence-electron chi connectivity index (χ0n) is 16.8. The number of nitrogens with one attached hydrogen (secondary N) is 1. The van der Waals surface area contributed by atoms with Gasteiger partial charge in [-0.1, -0.05) is 62.4 Å². The van der Waals surface area contributed by atoms with Gasteiger partial charge in [0.05, 0.1) is 6.04 Å². The fourth-order valence-electron chi connectivity index (χ4n) is 4.39. The summed E-state index contributed by atoms with van der Waals surface area (Å²) in [6.07, 6.45) is 1.41. The zero-order valence-corrected chi connectivity index (χ0v) is 16.8. The van der Waals surface area contributed by atoms with E-state index in [0.717, 1.165) is 6.42 Å². The molecule has 2 aliphatic rings. The summed E-state index contributed by atoms with van der Waals surface area (Å²) in [7, 11) is 0. The third kappa shape index (κ3) is 4.04. The Morgan fingerprint density at radius 2 is 1.83 bits per heavy atom. The van der Waals surface area contributed by atoms with Gasteiger partial charge in [0.25, 0.3) is 0 Å². The van der Waals surface area contributed by atoms with Crippen molar-refractivity contribution < 1.29 is 14.0 Å². The van der Waals surface area contributed by atoms with Crippen LogP contribution in [0.25, 0.3) is 0 Å². The van der Waals surface area contributed by atoms with Crippen LogP contribution < -0.4 is 5.32 Å². The summed E-state index contributed by atoms with van der Waals surface area (Å²) >= 11 is 0. The number of nitrogens with zero attached hydrogens (tertiary/aromatic N) is 1. The van der Waals surface area contributed by atoms with E-state index in [2.05, 4.69) is 17.4 Å². The second kappa shape index (κ2) is 7.97. The topological polar surface area (TPSA) is 49.4 Å². The summed E-state index contributed by atoms with van der Waals surface area (Å²) in [5, 5.41) is 2.94. The number of hydrogen-bond acceptors (Lipinski definition) is 2. The first-order valence-corrected chi connectivity index (χ1v) is 10.4. The van der Waals surface area contributed by atoms with E-state index in [1.807, 2.05) is 32.0 Å². The minimum atomic E-state index is -0.523. The van der Waals surface area contributed by atoms with Crippen LogP contribution in [0.3, 0.4) is 0 Å². The minimum absolute atomic E-state index is 0.0145. The summed E-state index contributed by atoms with van der Waals surface area (Å²) in [6, 6.07) is 15.5. The van der Waals surface area contributed by atoms with Gasteiger partial charge in [-0.25, -0.2) is 4.39 Å². The smallest absolute Gasteiger partial charge is 0.243 e. The van der Waals surface area contributed by atoms with Crippen molar-refractivity contribution in [1.29, 1.82) is 0 Å². The molecule has 0 aromatic heterocycles. The fourth-order valence-corrected chi connectivity index (χ4v) is 4.39. The first-order valence-electron chi connectivity index (χ1n) is 10.4. The molecule has 1 saturated heterocycles. The van der Waals surface area contributed by atoms with Crippen molar-refractivity contribution in [2.45, 2.75) is 44.7 Å². The Balaban J connectivity index is 1.57. The molecule has 2 aromatic carbocycles. The Bertz CT molecular complexity index is 899. The van der Waals surface area contributed by atoms with E-state index in [-0.39, 0.29) is 35.4 Å². The third-order valence-electron chi connectivity index (χ3n) is 5.97. The highest BCUT2D eigenvalue weighted by atomic mass is 19.1. The van der Waals surface area contributed by atoms with Gasteiger partial charge in [-0.3, -0.25) is 9.59 Å².